The van der Waals surface area contributed by atoms with Crippen molar-refractivity contribution in [2.75, 3.05) is 0 Å². The van der Waals surface area contributed by atoms with E-state index in [1.54, 1.807) is 21.9 Å². The van der Waals surface area contributed by atoms with Gasteiger partial charge >= 0.3 is 5.97 Å². The molecular formula is C16H17N5O2. The van der Waals surface area contributed by atoms with Crippen LogP contribution in [0.2, 0.25) is 0 Å². The zero-order chi connectivity index (χ0) is 16.1. The zero-order valence-electron chi connectivity index (χ0n) is 12.7. The second-order valence-corrected chi connectivity index (χ2v) is 5.01. The summed E-state index contributed by atoms with van der Waals surface area (Å²) >= 11 is 0. The van der Waals surface area contributed by atoms with Crippen molar-refractivity contribution >= 4 is 5.97 Å². The van der Waals surface area contributed by atoms with Crippen molar-refractivity contribution in [1.29, 1.82) is 0 Å². The number of benzene rings is 1. The van der Waals surface area contributed by atoms with Crippen LogP contribution in [0.4, 0.5) is 0 Å². The van der Waals surface area contributed by atoms with E-state index in [9.17, 15) is 4.79 Å². The second kappa shape index (κ2) is 6.87. The zero-order valence-corrected chi connectivity index (χ0v) is 12.7. The average Bonchev–Trinajstić information content (AvgIpc) is 3.26. The predicted molar refractivity (Wildman–Crippen MR) is 82.5 cm³/mol. The van der Waals surface area contributed by atoms with Gasteiger partial charge in [-0.1, -0.05) is 30.3 Å². The Hall–Kier alpha value is -2.96. The molecule has 0 spiro atoms. The molecular weight excluding hydrogens is 294 g/mol. The molecule has 0 aliphatic carbocycles. The monoisotopic (exact) mass is 311 g/mol. The Bertz CT molecular complexity index is 752. The molecule has 3 rings (SSSR count). The summed E-state index contributed by atoms with van der Waals surface area (Å²) in [6.07, 6.45) is 5.80. The van der Waals surface area contributed by atoms with Gasteiger partial charge in [0.1, 0.15) is 18.8 Å². The second-order valence-electron chi connectivity index (χ2n) is 5.01. The van der Waals surface area contributed by atoms with Gasteiger partial charge in [-0.2, -0.15) is 10.2 Å². The number of aryl methyl sites for hydroxylation is 1. The van der Waals surface area contributed by atoms with Crippen LogP contribution in [0.15, 0.2) is 55.4 Å². The van der Waals surface area contributed by atoms with Gasteiger partial charge in [-0.15, -0.1) is 0 Å². The van der Waals surface area contributed by atoms with E-state index in [-0.39, 0.29) is 0 Å². The van der Waals surface area contributed by atoms with Crippen LogP contribution in [0.25, 0.3) is 0 Å². The first-order valence-electron chi connectivity index (χ1n) is 7.37. The Morgan fingerprint density at radius 1 is 1.22 bits per heavy atom. The molecule has 0 radical (unpaired) electrons. The molecule has 3 aromatic rings. The quantitative estimate of drug-likeness (QED) is 0.652. The predicted octanol–water partition coefficient (Wildman–Crippen LogP) is 2.09. The van der Waals surface area contributed by atoms with E-state index in [0.29, 0.717) is 18.7 Å². The number of aromatic nitrogens is 5. The van der Waals surface area contributed by atoms with Crippen molar-refractivity contribution in [3.8, 4) is 0 Å². The maximum absolute atomic E-state index is 12.4. The van der Waals surface area contributed by atoms with Crippen LogP contribution in [-0.4, -0.2) is 30.5 Å². The van der Waals surface area contributed by atoms with E-state index < -0.39 is 12.1 Å². The number of carbonyl (C=O) groups is 1. The smallest absolute Gasteiger partial charge is 0.342 e. The van der Waals surface area contributed by atoms with E-state index >= 15 is 0 Å². The molecule has 0 N–H and O–H groups in total. The molecule has 0 amide bonds. The highest BCUT2D eigenvalue weighted by atomic mass is 16.5. The molecule has 0 bridgehead atoms. The molecule has 0 unspecified atom stereocenters. The van der Waals surface area contributed by atoms with Crippen LogP contribution >= 0.6 is 0 Å². The first-order valence-corrected chi connectivity index (χ1v) is 7.37. The van der Waals surface area contributed by atoms with Crippen molar-refractivity contribution in [3.05, 3.63) is 66.5 Å². The Labute approximate surface area is 133 Å². The molecule has 7 nitrogen and oxygen atoms in total. The van der Waals surface area contributed by atoms with Gasteiger partial charge in [0.2, 0.25) is 0 Å². The number of rotatable bonds is 6. The number of hydrogen-bond donors (Lipinski definition) is 0. The Morgan fingerprint density at radius 3 is 2.70 bits per heavy atom. The standard InChI is InChI=1S/C16H17N5O2/c1-2-20-9-14(8-18-20)16(22)23-15(10-21-12-17-11-19-21)13-6-4-3-5-7-13/h3-9,11-12,15H,2,10H2,1H3/t15-/m0/s1. The molecule has 2 aromatic heterocycles. The third kappa shape index (κ3) is 3.63. The Morgan fingerprint density at radius 2 is 2.04 bits per heavy atom. The van der Waals surface area contributed by atoms with E-state index in [1.807, 2.05) is 37.3 Å². The van der Waals surface area contributed by atoms with E-state index in [1.165, 1.54) is 12.5 Å². The summed E-state index contributed by atoms with van der Waals surface area (Å²) in [4.78, 5) is 16.3. The van der Waals surface area contributed by atoms with Gasteiger partial charge in [0.15, 0.2) is 0 Å². The Kier molecular flexibility index (Phi) is 4.46. The lowest BCUT2D eigenvalue weighted by Crippen LogP contribution is -2.17. The molecule has 118 valence electrons. The summed E-state index contributed by atoms with van der Waals surface area (Å²) in [5.41, 5.74) is 1.34. The highest BCUT2D eigenvalue weighted by Crippen LogP contribution is 2.20. The lowest BCUT2D eigenvalue weighted by atomic mass is 10.1. The number of nitrogens with zero attached hydrogens (tertiary/aromatic N) is 5. The van der Waals surface area contributed by atoms with E-state index in [4.69, 9.17) is 4.74 Å². The Balaban J connectivity index is 1.79. The van der Waals surface area contributed by atoms with Crippen molar-refractivity contribution in [1.82, 2.24) is 24.5 Å². The largest absolute Gasteiger partial charge is 0.452 e. The molecule has 1 aromatic carbocycles. The molecule has 0 aliphatic rings. The van der Waals surface area contributed by atoms with Crippen molar-refractivity contribution < 1.29 is 9.53 Å². The summed E-state index contributed by atoms with van der Waals surface area (Å²) < 4.78 is 9.00. The fourth-order valence-electron chi connectivity index (χ4n) is 2.21. The van der Waals surface area contributed by atoms with E-state index in [0.717, 1.165) is 5.56 Å². The van der Waals surface area contributed by atoms with Crippen molar-refractivity contribution in [2.45, 2.75) is 26.1 Å². The van der Waals surface area contributed by atoms with Gasteiger partial charge in [-0.25, -0.2) is 14.5 Å². The molecule has 0 saturated carbocycles. The number of carbonyl (C=O) groups excluding carboxylic acids is 1. The summed E-state index contributed by atoms with van der Waals surface area (Å²) in [5, 5.41) is 8.18. The van der Waals surface area contributed by atoms with Gasteiger partial charge in [0.25, 0.3) is 0 Å². The summed E-state index contributed by atoms with van der Waals surface area (Å²) in [6.45, 7) is 3.06. The fourth-order valence-corrected chi connectivity index (χ4v) is 2.21. The molecule has 0 aliphatic heterocycles. The van der Waals surface area contributed by atoms with Crippen LogP contribution in [0.5, 0.6) is 0 Å². The van der Waals surface area contributed by atoms with Crippen molar-refractivity contribution in [2.24, 2.45) is 0 Å². The molecule has 2 heterocycles. The lowest BCUT2D eigenvalue weighted by molar-refractivity contribution is 0.0246. The highest BCUT2D eigenvalue weighted by molar-refractivity contribution is 5.88. The third-order valence-corrected chi connectivity index (χ3v) is 3.43. The van der Waals surface area contributed by atoms with Crippen LogP contribution < -0.4 is 0 Å². The highest BCUT2D eigenvalue weighted by Gasteiger charge is 2.20. The summed E-state index contributed by atoms with van der Waals surface area (Å²) in [5.74, 6) is -0.404. The minimum atomic E-state index is -0.449. The number of ether oxygens (including phenoxy) is 1. The minimum Gasteiger partial charge on any atom is -0.452 e. The maximum atomic E-state index is 12.4. The summed E-state index contributed by atoms with van der Waals surface area (Å²) in [7, 11) is 0. The van der Waals surface area contributed by atoms with Gasteiger partial charge in [-0.3, -0.25) is 4.68 Å². The third-order valence-electron chi connectivity index (χ3n) is 3.43. The number of hydrogen-bond acceptors (Lipinski definition) is 5. The normalized spacial score (nSPS) is 12.0. The van der Waals surface area contributed by atoms with Crippen LogP contribution in [0.1, 0.15) is 28.9 Å². The first kappa shape index (κ1) is 15.0. The first-order chi connectivity index (χ1) is 11.3. The molecule has 23 heavy (non-hydrogen) atoms. The van der Waals surface area contributed by atoms with Crippen LogP contribution in [-0.2, 0) is 17.8 Å². The van der Waals surface area contributed by atoms with E-state index in [2.05, 4.69) is 15.2 Å². The van der Waals surface area contributed by atoms with Crippen LogP contribution in [0, 0.1) is 0 Å². The molecule has 1 atom stereocenters. The maximum Gasteiger partial charge on any atom is 0.342 e. The van der Waals surface area contributed by atoms with Gasteiger partial charge in [-0.05, 0) is 12.5 Å². The summed E-state index contributed by atoms with van der Waals surface area (Å²) in [6, 6.07) is 9.58. The topological polar surface area (TPSA) is 74.8 Å². The van der Waals surface area contributed by atoms with Crippen molar-refractivity contribution in [3.63, 3.8) is 0 Å². The molecule has 0 fully saturated rings. The van der Waals surface area contributed by atoms with Gasteiger partial charge in [0, 0.05) is 12.7 Å². The number of esters is 1. The molecule has 0 saturated heterocycles. The average molecular weight is 311 g/mol. The van der Waals surface area contributed by atoms with Crippen LogP contribution in [0.3, 0.4) is 0 Å². The lowest BCUT2D eigenvalue weighted by Gasteiger charge is -2.17. The van der Waals surface area contributed by atoms with Gasteiger partial charge in [0.05, 0.1) is 18.3 Å². The minimum absolute atomic E-state index is 0.400. The fraction of sp³-hybridized carbons (Fsp3) is 0.250. The van der Waals surface area contributed by atoms with Gasteiger partial charge < -0.3 is 4.74 Å². The molecule has 7 heteroatoms. The SMILES string of the molecule is CCn1cc(C(=O)O[C@@H](Cn2cncn2)c2ccccc2)cn1.